The quantitative estimate of drug-likeness (QED) is 0.359. The van der Waals surface area contributed by atoms with E-state index in [1.807, 2.05) is 5.57 Å². The highest BCUT2D eigenvalue weighted by Gasteiger charge is 2.64. The third-order valence-corrected chi connectivity index (χ3v) is 12.0. The number of allylic oxidation sites excluding steroid dienone is 2. The maximum Gasteiger partial charge on any atom is -0.00772 e. The van der Waals surface area contributed by atoms with Crippen LogP contribution in [0.3, 0.4) is 0 Å². The van der Waals surface area contributed by atoms with Crippen LogP contribution in [-0.2, 0) is 0 Å². The largest absolute Gasteiger partial charge is 0.0839 e. The van der Waals surface area contributed by atoms with E-state index in [2.05, 4.69) is 54.5 Å². The van der Waals surface area contributed by atoms with E-state index in [0.29, 0.717) is 27.1 Å². The fraction of sp³-hybridized carbons (Fsp3) is 0.931. The Balaban J connectivity index is 1.54. The molecule has 5 rings (SSSR count). The number of fused-ring (bicyclic) bond motifs is 7. The summed E-state index contributed by atoms with van der Waals surface area (Å²) in [6.45, 7) is 18.5. The lowest BCUT2D eigenvalue weighted by atomic mass is 9.36. The second kappa shape index (κ2) is 6.16. The van der Waals surface area contributed by atoms with Crippen molar-refractivity contribution in [2.45, 2.75) is 119 Å². The van der Waals surface area contributed by atoms with E-state index >= 15 is 0 Å². The zero-order valence-corrected chi connectivity index (χ0v) is 20.7. The van der Waals surface area contributed by atoms with Gasteiger partial charge >= 0.3 is 0 Å². The zero-order valence-electron chi connectivity index (χ0n) is 20.7. The predicted octanol–water partition coefficient (Wildman–Crippen LogP) is 8.81. The third kappa shape index (κ3) is 2.75. The molecule has 0 spiro atoms. The van der Waals surface area contributed by atoms with Gasteiger partial charge in [-0.15, -0.1) is 0 Å². The standard InChI is InChI=1S/C29H48/c1-25(2)16-11-20-9-10-23-27(5,21(20)19-25)17-13-24-28(6)15-8-14-26(3,4)22(28)12-18-29(23,24)7/h10,20-22,24H,8-9,11-19H2,1-7H3/t20?,21?,22?,24?,27-,28-,29-/m0/s1. The van der Waals surface area contributed by atoms with E-state index in [0.717, 1.165) is 23.7 Å². The lowest BCUT2D eigenvalue weighted by Gasteiger charge is -2.69. The first kappa shape index (κ1) is 20.6. The van der Waals surface area contributed by atoms with Gasteiger partial charge in [0.1, 0.15) is 0 Å². The SMILES string of the molecule is CC1(C)CCC2CC=C3[C@]4(C)CCC5C(C)(C)CCC[C@]5(C)C4CC[C@@]3(C)C2C1. The van der Waals surface area contributed by atoms with Crippen LogP contribution in [0.4, 0.5) is 0 Å². The molecule has 7 atom stereocenters. The molecular weight excluding hydrogens is 348 g/mol. The van der Waals surface area contributed by atoms with Crippen molar-refractivity contribution in [1.82, 2.24) is 0 Å². The van der Waals surface area contributed by atoms with Crippen LogP contribution in [-0.4, -0.2) is 0 Å². The molecule has 5 aliphatic carbocycles. The molecule has 0 aromatic rings. The minimum atomic E-state index is 0.470. The van der Waals surface area contributed by atoms with Crippen molar-refractivity contribution in [1.29, 1.82) is 0 Å². The van der Waals surface area contributed by atoms with Crippen molar-refractivity contribution in [3.05, 3.63) is 11.6 Å². The Kier molecular flexibility index (Phi) is 4.38. The number of hydrogen-bond donors (Lipinski definition) is 0. The minimum absolute atomic E-state index is 0.470. The van der Waals surface area contributed by atoms with Crippen LogP contribution in [0, 0.1) is 50.7 Å². The van der Waals surface area contributed by atoms with Crippen LogP contribution < -0.4 is 0 Å². The lowest BCUT2D eigenvalue weighted by Crippen LogP contribution is -2.60. The molecule has 0 nitrogen and oxygen atoms in total. The summed E-state index contributed by atoms with van der Waals surface area (Å²) in [5, 5.41) is 0. The van der Waals surface area contributed by atoms with E-state index in [-0.39, 0.29) is 0 Å². The minimum Gasteiger partial charge on any atom is -0.0839 e. The van der Waals surface area contributed by atoms with Gasteiger partial charge in [-0.05, 0) is 115 Å². The van der Waals surface area contributed by atoms with Crippen molar-refractivity contribution in [2.24, 2.45) is 50.7 Å². The Hall–Kier alpha value is -0.260. The first-order chi connectivity index (χ1) is 13.4. The summed E-state index contributed by atoms with van der Waals surface area (Å²) in [6, 6.07) is 0. The number of rotatable bonds is 0. The van der Waals surface area contributed by atoms with Crippen molar-refractivity contribution in [3.8, 4) is 0 Å². The Labute approximate surface area is 181 Å². The van der Waals surface area contributed by atoms with Crippen LogP contribution in [0.2, 0.25) is 0 Å². The molecule has 4 unspecified atom stereocenters. The Morgan fingerprint density at radius 2 is 1.41 bits per heavy atom. The van der Waals surface area contributed by atoms with Crippen molar-refractivity contribution in [2.75, 3.05) is 0 Å². The summed E-state index contributed by atoms with van der Waals surface area (Å²) < 4.78 is 0. The van der Waals surface area contributed by atoms with Gasteiger partial charge in [0.25, 0.3) is 0 Å². The highest BCUT2D eigenvalue weighted by molar-refractivity contribution is 5.33. The molecule has 0 heterocycles. The third-order valence-electron chi connectivity index (χ3n) is 12.0. The lowest BCUT2D eigenvalue weighted by molar-refractivity contribution is -0.148. The van der Waals surface area contributed by atoms with Crippen molar-refractivity contribution < 1.29 is 0 Å². The van der Waals surface area contributed by atoms with E-state index < -0.39 is 0 Å². The molecule has 0 saturated heterocycles. The van der Waals surface area contributed by atoms with Crippen LogP contribution in [0.1, 0.15) is 119 Å². The average molecular weight is 397 g/mol. The molecule has 5 aliphatic rings. The monoisotopic (exact) mass is 396 g/mol. The molecule has 0 bridgehead atoms. The van der Waals surface area contributed by atoms with Crippen LogP contribution in [0.25, 0.3) is 0 Å². The first-order valence-electron chi connectivity index (χ1n) is 13.1. The molecule has 0 radical (unpaired) electrons. The fourth-order valence-electron chi connectivity index (χ4n) is 10.6. The Morgan fingerprint density at radius 1 is 0.724 bits per heavy atom. The summed E-state index contributed by atoms with van der Waals surface area (Å²) in [6.07, 6.45) is 18.9. The molecule has 0 aromatic heterocycles. The topological polar surface area (TPSA) is 0 Å². The molecule has 29 heavy (non-hydrogen) atoms. The number of hydrogen-bond acceptors (Lipinski definition) is 0. The molecule has 0 heteroatoms. The van der Waals surface area contributed by atoms with Gasteiger partial charge in [0, 0.05) is 0 Å². The Bertz CT molecular complexity index is 710. The fourth-order valence-corrected chi connectivity index (χ4v) is 10.6. The normalized spacial score (nSPS) is 53.0. The molecule has 0 aliphatic heterocycles. The smallest absolute Gasteiger partial charge is 0.00772 e. The highest BCUT2D eigenvalue weighted by atomic mass is 14.7. The first-order valence-corrected chi connectivity index (χ1v) is 13.1. The predicted molar refractivity (Wildman–Crippen MR) is 125 cm³/mol. The maximum absolute atomic E-state index is 2.82. The summed E-state index contributed by atoms with van der Waals surface area (Å²) in [7, 11) is 0. The molecule has 4 saturated carbocycles. The van der Waals surface area contributed by atoms with E-state index in [9.17, 15) is 0 Å². The van der Waals surface area contributed by atoms with Crippen LogP contribution in [0.15, 0.2) is 11.6 Å². The average Bonchev–Trinajstić information content (AvgIpc) is 2.60. The van der Waals surface area contributed by atoms with Crippen LogP contribution in [0.5, 0.6) is 0 Å². The molecule has 164 valence electrons. The van der Waals surface area contributed by atoms with Gasteiger partial charge in [-0.1, -0.05) is 66.5 Å². The molecule has 0 aromatic carbocycles. The van der Waals surface area contributed by atoms with Gasteiger partial charge in [0.15, 0.2) is 0 Å². The molecule has 0 amide bonds. The van der Waals surface area contributed by atoms with Crippen molar-refractivity contribution >= 4 is 0 Å². The molecule has 0 N–H and O–H groups in total. The van der Waals surface area contributed by atoms with Gasteiger partial charge in [0.2, 0.25) is 0 Å². The zero-order chi connectivity index (χ0) is 20.9. The van der Waals surface area contributed by atoms with E-state index in [1.54, 1.807) is 0 Å². The summed E-state index contributed by atoms with van der Waals surface area (Å²) in [4.78, 5) is 0. The van der Waals surface area contributed by atoms with Gasteiger partial charge in [-0.2, -0.15) is 0 Å². The van der Waals surface area contributed by atoms with Crippen LogP contribution >= 0.6 is 0 Å². The van der Waals surface area contributed by atoms with Gasteiger partial charge in [-0.3, -0.25) is 0 Å². The summed E-state index contributed by atoms with van der Waals surface area (Å²) in [5.74, 6) is 3.77. The summed E-state index contributed by atoms with van der Waals surface area (Å²) in [5.41, 5.74) is 4.58. The van der Waals surface area contributed by atoms with E-state index in [1.165, 1.54) is 70.6 Å². The second-order valence-electron chi connectivity index (χ2n) is 14.5. The Morgan fingerprint density at radius 3 is 2.17 bits per heavy atom. The summed E-state index contributed by atoms with van der Waals surface area (Å²) >= 11 is 0. The van der Waals surface area contributed by atoms with Gasteiger partial charge in [-0.25, -0.2) is 0 Å². The maximum atomic E-state index is 2.82. The molecular formula is C29H48. The second-order valence-corrected chi connectivity index (χ2v) is 14.5. The van der Waals surface area contributed by atoms with E-state index in [4.69, 9.17) is 0 Å². The van der Waals surface area contributed by atoms with Gasteiger partial charge < -0.3 is 0 Å². The van der Waals surface area contributed by atoms with Crippen molar-refractivity contribution in [3.63, 3.8) is 0 Å². The highest BCUT2D eigenvalue weighted by Crippen LogP contribution is 2.73. The molecule has 4 fully saturated rings. The van der Waals surface area contributed by atoms with Gasteiger partial charge in [0.05, 0.1) is 0 Å².